The second kappa shape index (κ2) is 5.85. The number of H-pyrrole nitrogens is 1. The van der Waals surface area contributed by atoms with E-state index >= 15 is 0 Å². The molecule has 1 amide bonds. The summed E-state index contributed by atoms with van der Waals surface area (Å²) in [6.45, 7) is 1.95. The Bertz CT molecular complexity index is 798. The number of carbonyl (C=O) groups is 2. The van der Waals surface area contributed by atoms with Gasteiger partial charge in [-0.3, -0.25) is 9.59 Å². The minimum Gasteiger partial charge on any atom is -0.356 e. The Balaban J connectivity index is 1.57. The smallest absolute Gasteiger partial charge is 0.267 e. The van der Waals surface area contributed by atoms with Crippen LogP contribution in [0.3, 0.4) is 0 Å². The fourth-order valence-electron chi connectivity index (χ4n) is 2.24. The molecular formula is C16H16N4O2. The van der Waals surface area contributed by atoms with Gasteiger partial charge in [-0.15, -0.1) is 0 Å². The van der Waals surface area contributed by atoms with Gasteiger partial charge >= 0.3 is 0 Å². The first-order chi connectivity index (χ1) is 10.6. The maximum absolute atomic E-state index is 12.0. The quantitative estimate of drug-likeness (QED) is 0.705. The van der Waals surface area contributed by atoms with Gasteiger partial charge in [-0.2, -0.15) is 0 Å². The highest BCUT2D eigenvalue weighted by Gasteiger charge is 2.10. The van der Waals surface area contributed by atoms with E-state index in [1.54, 1.807) is 12.3 Å². The van der Waals surface area contributed by atoms with Gasteiger partial charge in [-0.1, -0.05) is 6.07 Å². The normalized spacial score (nSPS) is 10.8. The van der Waals surface area contributed by atoms with Gasteiger partial charge in [0.2, 0.25) is 0 Å². The number of nitrogens with zero attached hydrogens (tertiary/aromatic N) is 2. The highest BCUT2D eigenvalue weighted by atomic mass is 16.2. The largest absolute Gasteiger partial charge is 0.356 e. The van der Waals surface area contributed by atoms with Gasteiger partial charge in [0, 0.05) is 37.1 Å². The van der Waals surface area contributed by atoms with Crippen molar-refractivity contribution >= 4 is 17.3 Å². The van der Waals surface area contributed by atoms with Crippen molar-refractivity contribution in [2.45, 2.75) is 13.3 Å². The summed E-state index contributed by atoms with van der Waals surface area (Å²) < 4.78 is 1.95. The first kappa shape index (κ1) is 14.1. The number of hydrogen-bond donors (Lipinski definition) is 2. The van der Waals surface area contributed by atoms with Crippen LogP contribution in [-0.4, -0.2) is 32.6 Å². The van der Waals surface area contributed by atoms with Crippen LogP contribution < -0.4 is 5.32 Å². The maximum Gasteiger partial charge on any atom is 0.267 e. The van der Waals surface area contributed by atoms with Crippen LogP contribution in [0, 0.1) is 0 Å². The number of Topliss-reactive ketones (excluding diaryl/α,β-unsaturated/α-hetero) is 1. The number of imidazole rings is 1. The molecule has 0 fully saturated rings. The predicted molar refractivity (Wildman–Crippen MR) is 82.0 cm³/mol. The van der Waals surface area contributed by atoms with Gasteiger partial charge < -0.3 is 14.7 Å². The zero-order valence-corrected chi connectivity index (χ0v) is 12.2. The summed E-state index contributed by atoms with van der Waals surface area (Å²) in [5.74, 6) is -0.295. The molecule has 3 aromatic heterocycles. The third-order valence-corrected chi connectivity index (χ3v) is 3.41. The second-order valence-electron chi connectivity index (χ2n) is 5.06. The number of nitrogens with one attached hydrogen (secondary N) is 2. The Morgan fingerprint density at radius 1 is 1.36 bits per heavy atom. The molecule has 6 heteroatoms. The van der Waals surface area contributed by atoms with Crippen molar-refractivity contribution in [3.05, 3.63) is 59.8 Å². The molecule has 0 spiro atoms. The number of pyridine rings is 1. The highest BCUT2D eigenvalue weighted by molar-refractivity contribution is 5.99. The van der Waals surface area contributed by atoms with Crippen molar-refractivity contribution in [3.63, 3.8) is 0 Å². The average Bonchev–Trinajstić information content (AvgIpc) is 3.13. The second-order valence-corrected chi connectivity index (χ2v) is 5.06. The number of hydrogen-bond acceptors (Lipinski definition) is 3. The van der Waals surface area contributed by atoms with E-state index in [1.165, 1.54) is 6.92 Å². The van der Waals surface area contributed by atoms with Gasteiger partial charge in [-0.25, -0.2) is 4.98 Å². The van der Waals surface area contributed by atoms with Crippen molar-refractivity contribution < 1.29 is 9.59 Å². The molecule has 3 heterocycles. The van der Waals surface area contributed by atoms with Crippen molar-refractivity contribution in [1.82, 2.24) is 19.7 Å². The Hall–Kier alpha value is -2.89. The van der Waals surface area contributed by atoms with Crippen LogP contribution in [0.1, 0.15) is 33.5 Å². The molecule has 0 bridgehead atoms. The van der Waals surface area contributed by atoms with Crippen molar-refractivity contribution in [2.75, 3.05) is 6.54 Å². The van der Waals surface area contributed by atoms with Gasteiger partial charge in [0.25, 0.3) is 5.91 Å². The fraction of sp³-hybridized carbons (Fsp3) is 0.188. The van der Waals surface area contributed by atoms with E-state index in [0.717, 1.165) is 11.3 Å². The van der Waals surface area contributed by atoms with E-state index in [4.69, 9.17) is 0 Å². The van der Waals surface area contributed by atoms with E-state index in [-0.39, 0.29) is 11.7 Å². The molecule has 0 unspecified atom stereocenters. The van der Waals surface area contributed by atoms with Gasteiger partial charge in [0.15, 0.2) is 5.78 Å². The van der Waals surface area contributed by atoms with Crippen LogP contribution in [0.25, 0.3) is 5.65 Å². The molecule has 2 N–H and O–H groups in total. The maximum atomic E-state index is 12.0. The predicted octanol–water partition coefficient (Wildman–Crippen LogP) is 1.84. The van der Waals surface area contributed by atoms with Crippen molar-refractivity contribution in [1.29, 1.82) is 0 Å². The van der Waals surface area contributed by atoms with Gasteiger partial charge in [0.1, 0.15) is 11.3 Å². The summed E-state index contributed by atoms with van der Waals surface area (Å²) in [5, 5.41) is 2.81. The molecule has 0 saturated heterocycles. The van der Waals surface area contributed by atoms with Crippen LogP contribution in [-0.2, 0) is 6.42 Å². The number of amides is 1. The molecule has 0 saturated carbocycles. The summed E-state index contributed by atoms with van der Waals surface area (Å²) >= 11 is 0. The fourth-order valence-corrected chi connectivity index (χ4v) is 2.24. The zero-order valence-electron chi connectivity index (χ0n) is 12.2. The standard InChI is InChI=1S/C16H16N4O2/c1-11(21)12-8-14(18-9-12)16(22)17-6-5-13-10-20-7-3-2-4-15(20)19-13/h2-4,7-10,18H,5-6H2,1H3,(H,17,22). The van der Waals surface area contributed by atoms with E-state index in [1.807, 2.05) is 35.0 Å². The lowest BCUT2D eigenvalue weighted by molar-refractivity contribution is 0.0949. The molecular weight excluding hydrogens is 280 g/mol. The first-order valence-corrected chi connectivity index (χ1v) is 7.03. The molecule has 0 aliphatic heterocycles. The first-order valence-electron chi connectivity index (χ1n) is 7.03. The number of rotatable bonds is 5. The molecule has 0 aromatic carbocycles. The summed E-state index contributed by atoms with van der Waals surface area (Å²) in [6, 6.07) is 7.37. The summed E-state index contributed by atoms with van der Waals surface area (Å²) in [4.78, 5) is 30.4. The summed E-state index contributed by atoms with van der Waals surface area (Å²) in [7, 11) is 0. The Morgan fingerprint density at radius 2 is 2.23 bits per heavy atom. The van der Waals surface area contributed by atoms with Crippen LogP contribution >= 0.6 is 0 Å². The molecule has 0 atom stereocenters. The molecule has 112 valence electrons. The van der Waals surface area contributed by atoms with Gasteiger partial charge in [0.05, 0.1) is 5.69 Å². The number of aromatic amines is 1. The molecule has 0 radical (unpaired) electrons. The molecule has 0 aliphatic carbocycles. The lowest BCUT2D eigenvalue weighted by atomic mass is 10.2. The lowest BCUT2D eigenvalue weighted by Crippen LogP contribution is -2.26. The summed E-state index contributed by atoms with van der Waals surface area (Å²) in [5.41, 5.74) is 2.70. The van der Waals surface area contributed by atoms with Gasteiger partial charge in [-0.05, 0) is 25.1 Å². The minimum atomic E-state index is -0.226. The SMILES string of the molecule is CC(=O)c1c[nH]c(C(=O)NCCc2cn3ccccc3n2)c1. The van der Waals surface area contributed by atoms with E-state index < -0.39 is 0 Å². The third-order valence-electron chi connectivity index (χ3n) is 3.41. The van der Waals surface area contributed by atoms with Crippen LogP contribution in [0.4, 0.5) is 0 Å². The average molecular weight is 296 g/mol. The topological polar surface area (TPSA) is 79.3 Å². The number of carbonyl (C=O) groups excluding carboxylic acids is 2. The summed E-state index contributed by atoms with van der Waals surface area (Å²) in [6.07, 6.45) is 6.07. The number of ketones is 1. The van der Waals surface area contributed by atoms with Crippen LogP contribution in [0.5, 0.6) is 0 Å². The lowest BCUT2D eigenvalue weighted by Gasteiger charge is -2.01. The van der Waals surface area contributed by atoms with Crippen molar-refractivity contribution in [3.8, 4) is 0 Å². The Kier molecular flexibility index (Phi) is 3.74. The third kappa shape index (κ3) is 2.90. The number of aromatic nitrogens is 3. The molecule has 3 rings (SSSR count). The Labute approximate surface area is 127 Å². The Morgan fingerprint density at radius 3 is 2.95 bits per heavy atom. The highest BCUT2D eigenvalue weighted by Crippen LogP contribution is 2.06. The van der Waals surface area contributed by atoms with E-state index in [0.29, 0.717) is 24.2 Å². The van der Waals surface area contributed by atoms with E-state index in [2.05, 4.69) is 15.3 Å². The molecule has 3 aromatic rings. The molecule has 6 nitrogen and oxygen atoms in total. The van der Waals surface area contributed by atoms with E-state index in [9.17, 15) is 9.59 Å². The van der Waals surface area contributed by atoms with Crippen LogP contribution in [0.15, 0.2) is 42.9 Å². The molecule has 22 heavy (non-hydrogen) atoms. The monoisotopic (exact) mass is 296 g/mol. The van der Waals surface area contributed by atoms with Crippen molar-refractivity contribution in [2.24, 2.45) is 0 Å². The molecule has 0 aliphatic rings. The minimum absolute atomic E-state index is 0.0694. The zero-order chi connectivity index (χ0) is 15.5. The van der Waals surface area contributed by atoms with Crippen LogP contribution in [0.2, 0.25) is 0 Å². The number of fused-ring (bicyclic) bond motifs is 1.